The number of amides is 1. The van der Waals surface area contributed by atoms with E-state index in [2.05, 4.69) is 51.7 Å². The number of anilines is 1. The number of hydrogen-bond acceptors (Lipinski definition) is 3. The summed E-state index contributed by atoms with van der Waals surface area (Å²) in [5.74, 6) is 0.927. The van der Waals surface area contributed by atoms with E-state index in [0.29, 0.717) is 19.6 Å². The van der Waals surface area contributed by atoms with Gasteiger partial charge in [0.25, 0.3) is 0 Å². The molecule has 0 radical (unpaired) electrons. The van der Waals surface area contributed by atoms with Gasteiger partial charge in [-0.1, -0.05) is 43.3 Å². The number of aryl methyl sites for hydroxylation is 1. The van der Waals surface area contributed by atoms with Gasteiger partial charge < -0.3 is 20.3 Å². The lowest BCUT2D eigenvalue weighted by atomic mass is 10.0. The summed E-state index contributed by atoms with van der Waals surface area (Å²) in [7, 11) is 1.81. The molecule has 30 heavy (non-hydrogen) atoms. The first-order chi connectivity index (χ1) is 14.6. The molecule has 0 bridgehead atoms. The molecule has 0 saturated carbocycles. The summed E-state index contributed by atoms with van der Waals surface area (Å²) in [5.41, 5.74) is 4.45. The van der Waals surface area contributed by atoms with Crippen molar-refractivity contribution in [1.82, 2.24) is 10.2 Å². The quantitative estimate of drug-likeness (QED) is 0.562. The van der Waals surface area contributed by atoms with Crippen LogP contribution in [0.1, 0.15) is 42.6 Å². The van der Waals surface area contributed by atoms with Crippen LogP contribution in [0.2, 0.25) is 0 Å². The fourth-order valence-corrected chi connectivity index (χ4v) is 3.65. The van der Waals surface area contributed by atoms with Crippen LogP contribution in [0.25, 0.3) is 0 Å². The molecule has 2 aromatic carbocycles. The van der Waals surface area contributed by atoms with Gasteiger partial charge in [-0.15, -0.1) is 0 Å². The smallest absolute Gasteiger partial charge is 0.224 e. The van der Waals surface area contributed by atoms with Gasteiger partial charge in [0.15, 0.2) is 5.96 Å². The molecule has 0 spiro atoms. The van der Waals surface area contributed by atoms with E-state index in [9.17, 15) is 4.79 Å². The summed E-state index contributed by atoms with van der Waals surface area (Å²) in [4.78, 5) is 18.4. The molecule has 0 aromatic heterocycles. The van der Waals surface area contributed by atoms with Crippen LogP contribution >= 0.6 is 0 Å². The van der Waals surface area contributed by atoms with E-state index in [4.69, 9.17) is 4.74 Å². The molecular weight excluding hydrogens is 376 g/mol. The fourth-order valence-electron chi connectivity index (χ4n) is 3.65. The van der Waals surface area contributed by atoms with E-state index in [1.165, 1.54) is 11.1 Å². The van der Waals surface area contributed by atoms with Crippen LogP contribution < -0.4 is 10.6 Å². The van der Waals surface area contributed by atoms with Gasteiger partial charge in [-0.25, -0.2) is 0 Å². The third-order valence-electron chi connectivity index (χ3n) is 5.28. The Balaban J connectivity index is 1.56. The number of guanidine groups is 1. The average Bonchev–Trinajstić information content (AvgIpc) is 2.76. The van der Waals surface area contributed by atoms with Gasteiger partial charge in [-0.2, -0.15) is 0 Å². The maximum absolute atomic E-state index is 11.7. The molecule has 1 aliphatic heterocycles. The molecule has 1 aliphatic rings. The number of carbonyl (C=O) groups excluding carboxylic acids is 1. The van der Waals surface area contributed by atoms with Crippen molar-refractivity contribution in [2.24, 2.45) is 4.99 Å². The Kier molecular flexibility index (Phi) is 7.85. The van der Waals surface area contributed by atoms with Crippen LogP contribution in [-0.2, 0) is 16.1 Å². The normalized spacial score (nSPS) is 17.0. The molecule has 160 valence electrons. The van der Waals surface area contributed by atoms with Crippen LogP contribution in [0.5, 0.6) is 0 Å². The van der Waals surface area contributed by atoms with E-state index >= 15 is 0 Å². The first-order valence-corrected chi connectivity index (χ1v) is 10.6. The minimum Gasteiger partial charge on any atom is -0.370 e. The van der Waals surface area contributed by atoms with Gasteiger partial charge in [0.05, 0.1) is 13.2 Å². The second kappa shape index (κ2) is 10.8. The molecule has 1 unspecified atom stereocenters. The Hall–Kier alpha value is -2.86. The maximum atomic E-state index is 11.7. The van der Waals surface area contributed by atoms with Crippen molar-refractivity contribution in [3.8, 4) is 0 Å². The lowest BCUT2D eigenvalue weighted by Gasteiger charge is -2.35. The van der Waals surface area contributed by atoms with Gasteiger partial charge in [-0.3, -0.25) is 9.79 Å². The molecule has 1 atom stereocenters. The van der Waals surface area contributed by atoms with Crippen LogP contribution in [-0.4, -0.2) is 43.5 Å². The number of hydrogen-bond donors (Lipinski definition) is 2. The lowest BCUT2D eigenvalue weighted by molar-refractivity contribution is -0.116. The van der Waals surface area contributed by atoms with Crippen molar-refractivity contribution < 1.29 is 9.53 Å². The summed E-state index contributed by atoms with van der Waals surface area (Å²) in [5, 5.41) is 6.37. The van der Waals surface area contributed by atoms with Crippen molar-refractivity contribution in [1.29, 1.82) is 0 Å². The molecule has 3 rings (SSSR count). The predicted molar refractivity (Wildman–Crippen MR) is 122 cm³/mol. The Bertz CT molecular complexity index is 864. The number of carbonyl (C=O) groups is 1. The second-order valence-corrected chi connectivity index (χ2v) is 7.56. The first-order valence-electron chi connectivity index (χ1n) is 10.6. The third kappa shape index (κ3) is 5.83. The highest BCUT2D eigenvalue weighted by atomic mass is 16.5. The first kappa shape index (κ1) is 21.8. The fraction of sp³-hybridized carbons (Fsp3) is 0.417. The lowest BCUT2D eigenvalue weighted by Crippen LogP contribution is -2.48. The average molecular weight is 409 g/mol. The zero-order valence-electron chi connectivity index (χ0n) is 18.1. The van der Waals surface area contributed by atoms with E-state index in [-0.39, 0.29) is 12.0 Å². The number of aliphatic imine (C=N–C) groups is 1. The van der Waals surface area contributed by atoms with E-state index in [1.807, 2.05) is 38.2 Å². The minimum absolute atomic E-state index is 0.0458. The van der Waals surface area contributed by atoms with Crippen LogP contribution in [0.4, 0.5) is 5.69 Å². The molecule has 2 N–H and O–H groups in total. The molecule has 6 heteroatoms. The SMILES string of the molecule is CCCC(=O)Nc1ccc(CNC(=NC)N2CCOC(c3ccccc3C)C2)cc1. The molecule has 1 fully saturated rings. The zero-order chi connectivity index (χ0) is 21.3. The second-order valence-electron chi connectivity index (χ2n) is 7.56. The van der Waals surface area contributed by atoms with Crippen molar-refractivity contribution in [2.45, 2.75) is 39.3 Å². The van der Waals surface area contributed by atoms with E-state index in [0.717, 1.165) is 36.7 Å². The van der Waals surface area contributed by atoms with E-state index < -0.39 is 0 Å². The van der Waals surface area contributed by atoms with Crippen LogP contribution in [0, 0.1) is 6.92 Å². The molecule has 0 aliphatic carbocycles. The van der Waals surface area contributed by atoms with Gasteiger partial charge >= 0.3 is 0 Å². The monoisotopic (exact) mass is 408 g/mol. The summed E-state index contributed by atoms with van der Waals surface area (Å²) >= 11 is 0. The highest BCUT2D eigenvalue weighted by Gasteiger charge is 2.25. The zero-order valence-corrected chi connectivity index (χ0v) is 18.1. The third-order valence-corrected chi connectivity index (χ3v) is 5.28. The van der Waals surface area contributed by atoms with Crippen molar-refractivity contribution in [3.63, 3.8) is 0 Å². The molecular formula is C24H32N4O2. The van der Waals surface area contributed by atoms with Crippen molar-refractivity contribution >= 4 is 17.6 Å². The van der Waals surface area contributed by atoms with Gasteiger partial charge in [0.1, 0.15) is 6.10 Å². The molecule has 2 aromatic rings. The summed E-state index contributed by atoms with van der Waals surface area (Å²) in [6.07, 6.45) is 1.44. The highest BCUT2D eigenvalue weighted by molar-refractivity contribution is 5.90. The largest absolute Gasteiger partial charge is 0.370 e. The number of nitrogens with zero attached hydrogens (tertiary/aromatic N) is 2. The number of morpholine rings is 1. The summed E-state index contributed by atoms with van der Waals surface area (Å²) in [6.45, 7) is 7.05. The Morgan fingerprint density at radius 3 is 2.67 bits per heavy atom. The number of nitrogens with one attached hydrogen (secondary N) is 2. The topological polar surface area (TPSA) is 66.0 Å². The molecule has 1 amide bonds. The van der Waals surface area contributed by atoms with Gasteiger partial charge in [0.2, 0.25) is 5.91 Å². The predicted octanol–water partition coefficient (Wildman–Crippen LogP) is 3.88. The molecule has 6 nitrogen and oxygen atoms in total. The number of ether oxygens (including phenoxy) is 1. The number of benzene rings is 2. The summed E-state index contributed by atoms with van der Waals surface area (Å²) < 4.78 is 6.04. The standard InChI is InChI=1S/C24H32N4O2/c1-4-7-23(29)27-20-12-10-19(11-13-20)16-26-24(25-3)28-14-15-30-22(17-28)21-9-6-5-8-18(21)2/h5-6,8-13,22H,4,7,14-17H2,1-3H3,(H,25,26)(H,27,29). The van der Waals surface area contributed by atoms with Crippen LogP contribution in [0.15, 0.2) is 53.5 Å². The Morgan fingerprint density at radius 2 is 1.97 bits per heavy atom. The van der Waals surface area contributed by atoms with Gasteiger partial charge in [0, 0.05) is 32.2 Å². The Labute approximate surface area is 179 Å². The number of rotatable bonds is 6. The van der Waals surface area contributed by atoms with Crippen LogP contribution in [0.3, 0.4) is 0 Å². The Morgan fingerprint density at radius 1 is 1.20 bits per heavy atom. The summed E-state index contributed by atoms with van der Waals surface area (Å²) in [6, 6.07) is 16.3. The molecule has 1 saturated heterocycles. The van der Waals surface area contributed by atoms with E-state index in [1.54, 1.807) is 0 Å². The highest BCUT2D eigenvalue weighted by Crippen LogP contribution is 2.25. The maximum Gasteiger partial charge on any atom is 0.224 e. The van der Waals surface area contributed by atoms with Gasteiger partial charge in [-0.05, 0) is 42.2 Å². The molecule has 1 heterocycles. The van der Waals surface area contributed by atoms with Crippen molar-refractivity contribution in [2.75, 3.05) is 32.1 Å². The van der Waals surface area contributed by atoms with Crippen molar-refractivity contribution in [3.05, 3.63) is 65.2 Å². The minimum atomic E-state index is 0.0458.